The first-order chi connectivity index (χ1) is 13.7. The van der Waals surface area contributed by atoms with Gasteiger partial charge in [-0.2, -0.15) is 0 Å². The van der Waals surface area contributed by atoms with E-state index in [4.69, 9.17) is 8.86 Å². The molecule has 0 N–H and O–H groups in total. The number of alkyl halides is 1. The maximum absolute atomic E-state index is 6.48. The van der Waals surface area contributed by atoms with Gasteiger partial charge in [0, 0.05) is 0 Å². The summed E-state index contributed by atoms with van der Waals surface area (Å²) in [6.07, 6.45) is 2.38. The van der Waals surface area contributed by atoms with Crippen LogP contribution in [0.5, 0.6) is 0 Å². The summed E-state index contributed by atoms with van der Waals surface area (Å²) >= 11 is 3.52. The van der Waals surface area contributed by atoms with Crippen molar-refractivity contribution in [2.24, 2.45) is 0 Å². The molecule has 1 aliphatic heterocycles. The Bertz CT molecular complexity index is 1300. The van der Waals surface area contributed by atoms with E-state index in [9.17, 15) is 0 Å². The molecule has 0 saturated carbocycles. The molecule has 3 aromatic rings. The number of thioether (sulfide) groups is 1. The van der Waals surface area contributed by atoms with Crippen molar-refractivity contribution in [2.45, 2.75) is 7.79 Å². The summed E-state index contributed by atoms with van der Waals surface area (Å²) in [5.41, 5.74) is 7.11. The van der Waals surface area contributed by atoms with Crippen LogP contribution >= 0.6 is 36.5 Å². The van der Waals surface area contributed by atoms with Crippen molar-refractivity contribution in [3.63, 3.8) is 0 Å². The van der Waals surface area contributed by atoms with Crippen molar-refractivity contribution in [1.82, 2.24) is 0 Å². The molecule has 3 aromatic carbocycles. The summed E-state index contributed by atoms with van der Waals surface area (Å²) in [6, 6.07) is 26.5. The molecule has 0 aromatic heterocycles. The third-order valence-electron chi connectivity index (χ3n) is 5.85. The number of hydrogen-bond acceptors (Lipinski definition) is 2. The summed E-state index contributed by atoms with van der Waals surface area (Å²) in [6.45, 7) is 0. The Morgan fingerprint density at radius 2 is 1.37 bits per heavy atom. The van der Waals surface area contributed by atoms with Crippen molar-refractivity contribution in [2.75, 3.05) is 0 Å². The Balaban J connectivity index is 0.00000109. The van der Waals surface area contributed by atoms with E-state index in [-0.39, 0.29) is 24.8 Å². The molecule has 3 aliphatic rings. The molecule has 2 aliphatic carbocycles. The van der Waals surface area contributed by atoms with Crippen LogP contribution in [0.2, 0.25) is 0 Å². The molecule has 148 valence electrons. The molecular weight excluding hydrogens is 594 g/mol. The van der Waals surface area contributed by atoms with E-state index in [1.54, 1.807) is 3.28 Å². The second kappa shape index (κ2) is 8.89. The molecule has 0 spiro atoms. The van der Waals surface area contributed by atoms with Crippen LogP contribution in [0.1, 0.15) is 14.8 Å². The first-order valence-electron chi connectivity index (χ1n) is 9.33. The molecule has 0 nitrogen and oxygen atoms in total. The van der Waals surface area contributed by atoms with Crippen LogP contribution in [-0.2, 0) is 19.7 Å². The average molecular weight is 610 g/mol. The van der Waals surface area contributed by atoms with Crippen LogP contribution in [0.3, 0.4) is 0 Å². The van der Waals surface area contributed by atoms with Gasteiger partial charge in [0.15, 0.2) is 0 Å². The van der Waals surface area contributed by atoms with Crippen molar-refractivity contribution in [3.8, 4) is 11.1 Å². The summed E-state index contributed by atoms with van der Waals surface area (Å²) < 4.78 is 2.29. The Morgan fingerprint density at radius 1 is 0.800 bits per heavy atom. The van der Waals surface area contributed by atoms with Gasteiger partial charge in [-0.15, -0.1) is 0 Å². The van der Waals surface area contributed by atoms with Crippen LogP contribution in [0, 0.1) is 0 Å². The number of fused-ring (bicyclic) bond motifs is 5. The quantitative estimate of drug-likeness (QED) is 0.370. The second-order valence-corrected chi connectivity index (χ2v) is 17.1. The average Bonchev–Trinajstić information content (AvgIpc) is 3.34. The monoisotopic (exact) mass is 606 g/mol. The van der Waals surface area contributed by atoms with E-state index in [0.717, 1.165) is 0 Å². The number of rotatable bonds is 2. The van der Waals surface area contributed by atoms with Gasteiger partial charge in [0.25, 0.3) is 0 Å². The van der Waals surface area contributed by atoms with E-state index in [1.807, 2.05) is 11.8 Å². The van der Waals surface area contributed by atoms with Gasteiger partial charge < -0.3 is 24.8 Å². The van der Waals surface area contributed by atoms with Crippen molar-refractivity contribution < 1.29 is 44.5 Å². The van der Waals surface area contributed by atoms with E-state index in [0.29, 0.717) is 7.79 Å². The van der Waals surface area contributed by atoms with Gasteiger partial charge in [-0.25, -0.2) is 0 Å². The van der Waals surface area contributed by atoms with E-state index < -0.39 is 19.7 Å². The van der Waals surface area contributed by atoms with E-state index in [2.05, 4.69) is 94.8 Å². The van der Waals surface area contributed by atoms with Gasteiger partial charge in [-0.3, -0.25) is 0 Å². The third-order valence-corrected chi connectivity index (χ3v) is 17.7. The topological polar surface area (TPSA) is 0 Å². The van der Waals surface area contributed by atoms with E-state index >= 15 is 0 Å². The van der Waals surface area contributed by atoms with Gasteiger partial charge in [0.05, 0.1) is 0 Å². The van der Waals surface area contributed by atoms with Crippen molar-refractivity contribution in [3.05, 3.63) is 103 Å². The second-order valence-electron chi connectivity index (χ2n) is 7.29. The molecule has 0 bridgehead atoms. The molecule has 1 heterocycles. The van der Waals surface area contributed by atoms with Crippen molar-refractivity contribution >= 4 is 47.5 Å². The number of benzene rings is 3. The minimum atomic E-state index is -2.41. The fraction of sp³-hybridized carbons (Fsp3) is 0.0833. The number of halogens is 3. The summed E-state index contributed by atoms with van der Waals surface area (Å²) in [5.74, 6) is 0. The van der Waals surface area contributed by atoms with Crippen LogP contribution in [0.15, 0.2) is 81.7 Å². The molecule has 0 amide bonds. The van der Waals surface area contributed by atoms with Gasteiger partial charge in [0.2, 0.25) is 0 Å². The summed E-state index contributed by atoms with van der Waals surface area (Å²) in [4.78, 5) is 1.43. The predicted molar refractivity (Wildman–Crippen MR) is 122 cm³/mol. The normalized spacial score (nSPS) is 17.6. The zero-order chi connectivity index (χ0) is 18.8. The predicted octanol–water partition coefficient (Wildman–Crippen LogP) is -0.180. The van der Waals surface area contributed by atoms with Gasteiger partial charge >= 0.3 is 189 Å². The molecule has 0 fully saturated rings. The molecule has 6 rings (SSSR count). The fourth-order valence-electron chi connectivity index (χ4n) is 4.65. The van der Waals surface area contributed by atoms with Crippen LogP contribution in [0.4, 0.5) is 0 Å². The van der Waals surface area contributed by atoms with Crippen molar-refractivity contribution in [1.29, 1.82) is 0 Å². The Kier molecular flexibility index (Phi) is 6.76. The molecule has 1 atom stereocenters. The Morgan fingerprint density at radius 3 is 2.03 bits per heavy atom. The molecule has 1 unspecified atom stereocenters. The Hall–Kier alpha value is -0.347. The fourth-order valence-corrected chi connectivity index (χ4v) is 18.6. The first kappa shape index (κ1) is 22.8. The van der Waals surface area contributed by atoms with E-state index in [1.165, 1.54) is 43.2 Å². The zero-order valence-electron chi connectivity index (χ0n) is 15.6. The van der Waals surface area contributed by atoms with Crippen LogP contribution in [-0.4, -0.2) is 4.16 Å². The minimum absolute atomic E-state index is 0. The zero-order valence-corrected chi connectivity index (χ0v) is 22.8. The van der Waals surface area contributed by atoms with Crippen LogP contribution in [0.25, 0.3) is 22.1 Å². The third kappa shape index (κ3) is 3.34. The maximum atomic E-state index is 6.48. The standard InChI is InChI=1S/C13H9.C11H6BrS.2ClH.S.Zr/c1-3-7-12-10(5-1)9-11-6-2-4-8-13(11)12;12-10-6-8-5-7-3-1-2-4-9(7)11(8)13-10;;;;/h1-9H;1-5,10H;2*1H;;/q;;;;;+2/p-2. The SMILES string of the molecule is [Cl-].[Cl-].[S]=[Zr+2]([C]1=C2C=c3ccccc3=C2SC1Br)[CH]1c2ccccc2-c2ccccc21. The Labute approximate surface area is 212 Å². The van der Waals surface area contributed by atoms with Crippen LogP contribution < -0.4 is 35.3 Å². The first-order valence-corrected chi connectivity index (χ1v) is 17.2. The summed E-state index contributed by atoms with van der Waals surface area (Å²) in [5, 5.41) is 2.72. The molecule has 6 heteroatoms. The summed E-state index contributed by atoms with van der Waals surface area (Å²) in [7, 11) is 6.48. The van der Waals surface area contributed by atoms with Gasteiger partial charge in [-0.1, -0.05) is 0 Å². The molecule has 0 saturated heterocycles. The van der Waals surface area contributed by atoms with Gasteiger partial charge in [-0.05, 0) is 0 Å². The molecular formula is C24H15BrCl2S2Zr. The molecule has 30 heavy (non-hydrogen) atoms. The van der Waals surface area contributed by atoms with Gasteiger partial charge in [0.1, 0.15) is 0 Å². The molecule has 0 radical (unpaired) electrons. The number of hydrogen-bond donors (Lipinski definition) is 0.